The summed E-state index contributed by atoms with van der Waals surface area (Å²) in [6, 6.07) is 19.0. The van der Waals surface area contributed by atoms with Gasteiger partial charge < -0.3 is 19.9 Å². The van der Waals surface area contributed by atoms with Gasteiger partial charge in [0.2, 0.25) is 5.91 Å². The molecule has 1 saturated carbocycles. The van der Waals surface area contributed by atoms with Gasteiger partial charge in [-0.15, -0.1) is 0 Å². The van der Waals surface area contributed by atoms with Crippen molar-refractivity contribution in [3.05, 3.63) is 71.8 Å². The smallest absolute Gasteiger partial charge is 0.332 e. The predicted octanol–water partition coefficient (Wildman–Crippen LogP) is 3.53. The molecule has 0 atom stereocenters. The molecule has 3 amide bonds. The number of nitrogens with one attached hydrogen (secondary N) is 1. The van der Waals surface area contributed by atoms with Crippen LogP contribution < -0.4 is 5.32 Å². The zero-order chi connectivity index (χ0) is 23.8. The molecule has 1 aliphatic heterocycles. The van der Waals surface area contributed by atoms with Crippen LogP contribution in [-0.2, 0) is 27.4 Å². The third-order valence-corrected chi connectivity index (χ3v) is 6.77. The van der Waals surface area contributed by atoms with E-state index in [-0.39, 0.29) is 24.5 Å². The lowest BCUT2D eigenvalue weighted by Crippen LogP contribution is -2.61. The number of benzene rings is 2. The Morgan fingerprint density at radius 2 is 1.32 bits per heavy atom. The van der Waals surface area contributed by atoms with Crippen molar-refractivity contribution in [1.29, 1.82) is 0 Å². The van der Waals surface area contributed by atoms with Gasteiger partial charge in [-0.3, -0.25) is 4.79 Å². The zero-order valence-corrected chi connectivity index (χ0v) is 19.6. The van der Waals surface area contributed by atoms with Crippen molar-refractivity contribution in [3.63, 3.8) is 0 Å². The molecule has 34 heavy (non-hydrogen) atoms. The van der Waals surface area contributed by atoms with Crippen molar-refractivity contribution in [2.24, 2.45) is 0 Å². The molecular formula is C27H33N3O4. The lowest BCUT2D eigenvalue weighted by molar-refractivity contribution is -0.154. The number of carbonyl (C=O) groups excluding carboxylic acids is 3. The number of rotatable bonds is 6. The Kier molecular flexibility index (Phi) is 7.83. The molecule has 2 aromatic rings. The Morgan fingerprint density at radius 1 is 0.765 bits per heavy atom. The number of amides is 3. The Hall–Kier alpha value is -3.35. The summed E-state index contributed by atoms with van der Waals surface area (Å²) in [4.78, 5) is 42.4. The molecule has 2 aromatic carbocycles. The van der Waals surface area contributed by atoms with Gasteiger partial charge in [-0.1, -0.05) is 79.9 Å². The van der Waals surface area contributed by atoms with E-state index >= 15 is 0 Å². The molecule has 2 aliphatic rings. The number of hydrogen-bond acceptors (Lipinski definition) is 4. The molecule has 1 aliphatic carbocycles. The summed E-state index contributed by atoms with van der Waals surface area (Å²) >= 11 is 0. The fraction of sp³-hybridized carbons (Fsp3) is 0.444. The van der Waals surface area contributed by atoms with Crippen LogP contribution in [0.3, 0.4) is 0 Å². The Balaban J connectivity index is 1.31. The lowest BCUT2D eigenvalue weighted by atomic mass is 9.81. The van der Waals surface area contributed by atoms with Gasteiger partial charge >= 0.3 is 12.0 Å². The predicted molar refractivity (Wildman–Crippen MR) is 129 cm³/mol. The topological polar surface area (TPSA) is 79.0 Å². The van der Waals surface area contributed by atoms with Crippen LogP contribution in [0.15, 0.2) is 60.7 Å². The first-order valence-corrected chi connectivity index (χ1v) is 12.2. The van der Waals surface area contributed by atoms with Gasteiger partial charge in [0.05, 0.1) is 6.42 Å². The van der Waals surface area contributed by atoms with E-state index in [0.717, 1.165) is 30.4 Å². The van der Waals surface area contributed by atoms with Crippen molar-refractivity contribution in [1.82, 2.24) is 15.1 Å². The molecule has 0 spiro atoms. The van der Waals surface area contributed by atoms with Crippen molar-refractivity contribution < 1.29 is 19.1 Å². The fourth-order valence-electron chi connectivity index (χ4n) is 4.72. The van der Waals surface area contributed by atoms with Crippen LogP contribution in [0.25, 0.3) is 0 Å². The second kappa shape index (κ2) is 11.2. The molecular weight excluding hydrogens is 430 g/mol. The van der Waals surface area contributed by atoms with Gasteiger partial charge in [0.15, 0.2) is 0 Å². The summed E-state index contributed by atoms with van der Waals surface area (Å²) in [5.41, 5.74) is 0.926. The van der Waals surface area contributed by atoms with Crippen LogP contribution in [0.4, 0.5) is 4.79 Å². The van der Waals surface area contributed by atoms with Gasteiger partial charge in [-0.2, -0.15) is 0 Å². The molecule has 0 radical (unpaired) electrons. The third-order valence-electron chi connectivity index (χ3n) is 6.77. The summed E-state index contributed by atoms with van der Waals surface area (Å²) in [6.45, 7) is 2.07. The van der Waals surface area contributed by atoms with Crippen LogP contribution in [0, 0.1) is 0 Å². The normalized spacial score (nSPS) is 17.6. The maximum Gasteiger partial charge on any atom is 0.332 e. The molecule has 1 saturated heterocycles. The first-order valence-electron chi connectivity index (χ1n) is 12.2. The highest BCUT2D eigenvalue weighted by Gasteiger charge is 2.43. The summed E-state index contributed by atoms with van der Waals surface area (Å²) in [5, 5.41) is 3.03. The van der Waals surface area contributed by atoms with E-state index in [1.54, 1.807) is 9.80 Å². The Bertz CT molecular complexity index is 966. The minimum absolute atomic E-state index is 0.0690. The van der Waals surface area contributed by atoms with Gasteiger partial charge in [-0.05, 0) is 24.0 Å². The van der Waals surface area contributed by atoms with Crippen LogP contribution in [0.1, 0.15) is 43.2 Å². The molecule has 180 valence electrons. The summed E-state index contributed by atoms with van der Waals surface area (Å²) in [7, 11) is 0. The molecule has 7 heteroatoms. The van der Waals surface area contributed by atoms with Gasteiger partial charge in [0.1, 0.15) is 12.1 Å². The van der Waals surface area contributed by atoms with Crippen molar-refractivity contribution in [2.75, 3.05) is 26.2 Å². The number of nitrogens with zero attached hydrogens (tertiary/aromatic N) is 2. The van der Waals surface area contributed by atoms with Crippen molar-refractivity contribution >= 4 is 17.9 Å². The largest absolute Gasteiger partial charge is 0.459 e. The average molecular weight is 464 g/mol. The molecule has 0 unspecified atom stereocenters. The summed E-state index contributed by atoms with van der Waals surface area (Å²) < 4.78 is 5.64. The van der Waals surface area contributed by atoms with E-state index in [9.17, 15) is 14.4 Å². The minimum atomic E-state index is -0.982. The lowest BCUT2D eigenvalue weighted by Gasteiger charge is -2.40. The quantitative estimate of drug-likeness (QED) is 0.665. The number of esters is 1. The number of carbonyl (C=O) groups is 3. The monoisotopic (exact) mass is 463 g/mol. The second-order valence-corrected chi connectivity index (χ2v) is 9.16. The van der Waals surface area contributed by atoms with E-state index in [1.807, 2.05) is 60.7 Å². The van der Waals surface area contributed by atoms with Crippen LogP contribution in [-0.4, -0.2) is 59.4 Å². The highest BCUT2D eigenvalue weighted by atomic mass is 16.5. The zero-order valence-electron chi connectivity index (χ0n) is 19.6. The second-order valence-electron chi connectivity index (χ2n) is 9.16. The number of piperazine rings is 1. The van der Waals surface area contributed by atoms with E-state index in [0.29, 0.717) is 45.4 Å². The number of hydrogen-bond donors (Lipinski definition) is 1. The average Bonchev–Trinajstić information content (AvgIpc) is 2.89. The molecule has 2 fully saturated rings. The molecule has 1 heterocycles. The first kappa shape index (κ1) is 23.8. The van der Waals surface area contributed by atoms with Gasteiger partial charge in [0, 0.05) is 26.2 Å². The molecule has 0 bridgehead atoms. The van der Waals surface area contributed by atoms with Crippen LogP contribution in [0.5, 0.6) is 0 Å². The van der Waals surface area contributed by atoms with Crippen LogP contribution >= 0.6 is 0 Å². The van der Waals surface area contributed by atoms with E-state index in [4.69, 9.17) is 4.74 Å². The maximum absolute atomic E-state index is 13.1. The summed E-state index contributed by atoms with van der Waals surface area (Å²) in [5.74, 6) is -0.291. The Labute approximate surface area is 201 Å². The number of ether oxygens (including phenoxy) is 1. The van der Waals surface area contributed by atoms with E-state index < -0.39 is 5.54 Å². The third kappa shape index (κ3) is 5.95. The summed E-state index contributed by atoms with van der Waals surface area (Å²) in [6.07, 6.45) is 4.34. The first-order chi connectivity index (χ1) is 16.6. The van der Waals surface area contributed by atoms with Crippen molar-refractivity contribution in [2.45, 2.75) is 50.7 Å². The van der Waals surface area contributed by atoms with Gasteiger partial charge in [-0.25, -0.2) is 9.59 Å². The fourth-order valence-corrected chi connectivity index (χ4v) is 4.72. The molecule has 7 nitrogen and oxygen atoms in total. The molecule has 1 N–H and O–H groups in total. The highest BCUT2D eigenvalue weighted by Crippen LogP contribution is 2.30. The molecule has 4 rings (SSSR count). The highest BCUT2D eigenvalue weighted by molar-refractivity contribution is 5.88. The van der Waals surface area contributed by atoms with Crippen LogP contribution in [0.2, 0.25) is 0 Å². The van der Waals surface area contributed by atoms with Crippen molar-refractivity contribution in [3.8, 4) is 0 Å². The molecule has 0 aromatic heterocycles. The SMILES string of the molecule is O=C(Cc1ccccc1)N1CCN(C(=O)NC2(C(=O)OCc3ccccc3)CCCCC2)CC1. The maximum atomic E-state index is 13.1. The standard InChI is InChI=1S/C27H33N3O4/c31-24(20-22-10-4-1-5-11-22)29-16-18-30(19-17-29)26(33)28-27(14-8-3-9-15-27)25(32)34-21-23-12-6-2-7-13-23/h1-2,4-7,10-13H,3,8-9,14-21H2,(H,28,33). The Morgan fingerprint density at radius 3 is 1.94 bits per heavy atom. The van der Waals surface area contributed by atoms with E-state index in [2.05, 4.69) is 5.32 Å². The van der Waals surface area contributed by atoms with Gasteiger partial charge in [0.25, 0.3) is 0 Å². The van der Waals surface area contributed by atoms with E-state index in [1.165, 1.54) is 0 Å². The number of urea groups is 1. The minimum Gasteiger partial charge on any atom is -0.459 e.